The van der Waals surface area contributed by atoms with Gasteiger partial charge in [-0.2, -0.15) is 0 Å². The van der Waals surface area contributed by atoms with Gasteiger partial charge in [-0.05, 0) is 32.6 Å². The van der Waals surface area contributed by atoms with Crippen molar-refractivity contribution in [2.75, 3.05) is 20.3 Å². The van der Waals surface area contributed by atoms with Gasteiger partial charge in [0.15, 0.2) is 0 Å². The number of carbonyl (C=O) groups is 2. The maximum atomic E-state index is 13.0. The topological polar surface area (TPSA) is 104 Å². The Morgan fingerprint density at radius 2 is 1.79 bits per heavy atom. The summed E-state index contributed by atoms with van der Waals surface area (Å²) < 4.78 is 10.5. The highest BCUT2D eigenvalue weighted by Gasteiger charge is 2.41. The largest absolute Gasteiger partial charge is 1.00 e. The van der Waals surface area contributed by atoms with Crippen LogP contribution in [0.3, 0.4) is 0 Å². The molecule has 1 aliphatic heterocycles. The van der Waals surface area contributed by atoms with Crippen LogP contribution in [-0.4, -0.2) is 37.3 Å². The molecule has 1 heterocycles. The minimum atomic E-state index is -0.402. The molecule has 1 saturated carbocycles. The van der Waals surface area contributed by atoms with Crippen LogP contribution in [0.1, 0.15) is 52.4 Å². The zero-order chi connectivity index (χ0) is 20.7. The van der Waals surface area contributed by atoms with Crippen molar-refractivity contribution in [2.45, 2.75) is 52.4 Å². The van der Waals surface area contributed by atoms with E-state index in [1.807, 2.05) is 6.92 Å². The molecule has 0 saturated heterocycles. The van der Waals surface area contributed by atoms with Crippen molar-refractivity contribution < 1.29 is 37.2 Å². The number of allylic oxidation sites excluding steroid dienone is 1. The summed E-state index contributed by atoms with van der Waals surface area (Å²) >= 11 is 5.03. The molecule has 0 radical (unpaired) electrons. The number of hydrogen-bond donors (Lipinski definition) is 3. The molecule has 1 atom stereocenters. The van der Waals surface area contributed by atoms with Crippen LogP contribution in [0.4, 0.5) is 0 Å². The molecule has 5 N–H and O–H groups in total. The summed E-state index contributed by atoms with van der Waals surface area (Å²) in [4.78, 5) is 25.7. The summed E-state index contributed by atoms with van der Waals surface area (Å²) in [6.07, 6.45) is 6.48. The van der Waals surface area contributed by atoms with Gasteiger partial charge in [0.25, 0.3) is 5.11 Å². The fraction of sp³-hybridized carbons (Fsp3) is 0.650. The molecule has 7 nitrogen and oxygen atoms in total. The molecule has 2 rings (SSSR count). The maximum absolute atomic E-state index is 13.0. The summed E-state index contributed by atoms with van der Waals surface area (Å²) in [5.74, 6) is -0.957. The number of thiocarbonyl (C=S) groups is 1. The Morgan fingerprint density at radius 3 is 2.31 bits per heavy atom. The van der Waals surface area contributed by atoms with E-state index in [4.69, 9.17) is 21.7 Å². The van der Waals surface area contributed by atoms with E-state index in [0.29, 0.717) is 34.2 Å². The van der Waals surface area contributed by atoms with Gasteiger partial charge in [-0.25, -0.2) is 9.59 Å². The van der Waals surface area contributed by atoms with Crippen molar-refractivity contribution in [1.82, 2.24) is 10.6 Å². The van der Waals surface area contributed by atoms with Crippen LogP contribution >= 0.6 is 12.2 Å². The third kappa shape index (κ3) is 6.42. The minimum Gasteiger partial charge on any atom is -1.00 e. The molecule has 1 fully saturated rings. The molecule has 0 amide bonds. The first-order valence-corrected chi connectivity index (χ1v) is 10.4. The van der Waals surface area contributed by atoms with Crippen molar-refractivity contribution in [3.63, 3.8) is 0 Å². The second kappa shape index (κ2) is 12.1. The standard InChI is InChI=1S/C20H31N3O4S.ClH/c1-4-27-19(25)17-14(11-22-20(21)28)23-12(2)15(18(24)26-3)16(17)13-9-7-5-6-8-10-13;/h13,16,23H,4-11H2,1-3H3,(H3,21,22,28);1H. The monoisotopic (exact) mass is 445 g/mol. The lowest BCUT2D eigenvalue weighted by molar-refractivity contribution is -0.214. The van der Waals surface area contributed by atoms with Crippen LogP contribution < -0.4 is 28.8 Å². The van der Waals surface area contributed by atoms with Crippen LogP contribution in [-0.2, 0) is 19.1 Å². The number of halogens is 1. The van der Waals surface area contributed by atoms with Crippen molar-refractivity contribution in [2.24, 2.45) is 11.8 Å². The summed E-state index contributed by atoms with van der Waals surface area (Å²) in [5, 5.41) is 6.62. The fourth-order valence-corrected chi connectivity index (χ4v) is 4.29. The number of esters is 2. The number of nitrogens with one attached hydrogen (secondary N) is 2. The van der Waals surface area contributed by atoms with Gasteiger partial charge in [0.1, 0.15) is 0 Å². The summed E-state index contributed by atoms with van der Waals surface area (Å²) in [6, 6.07) is 0. The fourth-order valence-electron chi connectivity index (χ4n) is 4.22. The third-order valence-electron chi connectivity index (χ3n) is 5.42. The van der Waals surface area contributed by atoms with Crippen molar-refractivity contribution in [1.29, 1.82) is 0 Å². The lowest BCUT2D eigenvalue weighted by Crippen LogP contribution is -3.00. The summed E-state index contributed by atoms with van der Waals surface area (Å²) in [5.41, 5.74) is 6.12. The molecule has 0 aromatic heterocycles. The molecule has 0 spiro atoms. The zero-order valence-electron chi connectivity index (χ0n) is 17.4. The Morgan fingerprint density at radius 1 is 1.17 bits per heavy atom. The van der Waals surface area contributed by atoms with Gasteiger partial charge < -0.3 is 38.2 Å². The predicted octanol–water partition coefficient (Wildman–Crippen LogP) is -1.44. The molecule has 9 heteroatoms. The van der Waals surface area contributed by atoms with E-state index in [-0.39, 0.29) is 30.8 Å². The molecule has 0 aromatic carbocycles. The Labute approximate surface area is 184 Å². The van der Waals surface area contributed by atoms with E-state index in [9.17, 15) is 9.59 Å². The SMILES string of the molecule is CCOC(=O)C1=C(CNC([NH3+])=S)NC(C)=C(C(=O)OC)C1C1CCCCCC1.[Cl-]. The molecule has 29 heavy (non-hydrogen) atoms. The van der Waals surface area contributed by atoms with E-state index >= 15 is 0 Å². The predicted molar refractivity (Wildman–Crippen MR) is 110 cm³/mol. The maximum Gasteiger partial charge on any atom is 0.336 e. The molecular formula is C20H32ClN3O4S. The molecule has 164 valence electrons. The van der Waals surface area contributed by atoms with E-state index in [1.54, 1.807) is 6.92 Å². The lowest BCUT2D eigenvalue weighted by atomic mass is 9.73. The van der Waals surface area contributed by atoms with Gasteiger partial charge in [0.05, 0.1) is 31.4 Å². The van der Waals surface area contributed by atoms with Crippen molar-refractivity contribution in [3.05, 3.63) is 22.5 Å². The van der Waals surface area contributed by atoms with Crippen LogP contribution in [0.15, 0.2) is 22.5 Å². The number of carbonyl (C=O) groups excluding carboxylic acids is 2. The molecule has 2 aliphatic rings. The van der Waals surface area contributed by atoms with Crippen LogP contribution in [0.5, 0.6) is 0 Å². The number of methoxy groups -OCH3 is 1. The van der Waals surface area contributed by atoms with Gasteiger partial charge in [-0.15, -0.1) is 0 Å². The number of dihydropyridines is 1. The lowest BCUT2D eigenvalue weighted by Gasteiger charge is -2.35. The average Bonchev–Trinajstić information content (AvgIpc) is 2.94. The summed E-state index contributed by atoms with van der Waals surface area (Å²) in [7, 11) is 1.37. The van der Waals surface area contributed by atoms with Crippen LogP contribution in [0.2, 0.25) is 0 Å². The van der Waals surface area contributed by atoms with Gasteiger partial charge in [-0.3, -0.25) is 0 Å². The average molecular weight is 446 g/mol. The van der Waals surface area contributed by atoms with Gasteiger partial charge >= 0.3 is 11.9 Å². The van der Waals surface area contributed by atoms with Gasteiger partial charge in [0.2, 0.25) is 0 Å². The smallest absolute Gasteiger partial charge is 0.336 e. The number of rotatable bonds is 6. The second-order valence-corrected chi connectivity index (χ2v) is 7.77. The number of hydrogen-bond acceptors (Lipinski definition) is 6. The first-order chi connectivity index (χ1) is 13.4. The van der Waals surface area contributed by atoms with Crippen molar-refractivity contribution >= 4 is 29.3 Å². The Kier molecular flexibility index (Phi) is 10.6. The molecular weight excluding hydrogens is 414 g/mol. The van der Waals surface area contributed by atoms with Crippen molar-refractivity contribution in [3.8, 4) is 0 Å². The second-order valence-electron chi connectivity index (χ2n) is 7.27. The number of quaternary nitrogens is 1. The Balaban J connectivity index is 0.00000420. The van der Waals surface area contributed by atoms with Gasteiger partial charge in [0, 0.05) is 29.5 Å². The van der Waals surface area contributed by atoms with Crippen LogP contribution in [0.25, 0.3) is 0 Å². The first-order valence-electron chi connectivity index (χ1n) is 9.96. The highest BCUT2D eigenvalue weighted by molar-refractivity contribution is 7.79. The molecule has 0 aromatic rings. The molecule has 0 bridgehead atoms. The van der Waals surface area contributed by atoms with E-state index < -0.39 is 11.9 Å². The zero-order valence-corrected chi connectivity index (χ0v) is 19.0. The third-order valence-corrected chi connectivity index (χ3v) is 5.57. The van der Waals surface area contributed by atoms with E-state index in [1.165, 1.54) is 20.0 Å². The minimum absolute atomic E-state index is 0. The quantitative estimate of drug-likeness (QED) is 0.261. The molecule has 1 aliphatic carbocycles. The van der Waals surface area contributed by atoms with Gasteiger partial charge in [-0.1, -0.05) is 25.7 Å². The normalized spacial score (nSPS) is 20.2. The number of ether oxygens (including phenoxy) is 2. The highest BCUT2D eigenvalue weighted by atomic mass is 35.5. The Hall–Kier alpha value is -1.64. The van der Waals surface area contributed by atoms with E-state index in [2.05, 4.69) is 16.4 Å². The van der Waals surface area contributed by atoms with E-state index in [0.717, 1.165) is 25.7 Å². The molecule has 1 unspecified atom stereocenters. The first kappa shape index (κ1) is 25.4. The highest BCUT2D eigenvalue weighted by Crippen LogP contribution is 2.42. The van der Waals surface area contributed by atoms with Crippen LogP contribution in [0, 0.1) is 11.8 Å². The summed E-state index contributed by atoms with van der Waals surface area (Å²) in [6.45, 7) is 4.22. The Bertz CT molecular complexity index is 685.